The Bertz CT molecular complexity index is 757. The van der Waals surface area contributed by atoms with Crippen molar-refractivity contribution in [3.05, 3.63) is 16.9 Å². The normalized spacial score (nSPS) is 17.7. The van der Waals surface area contributed by atoms with Gasteiger partial charge in [-0.1, -0.05) is 0 Å². The molecule has 3 N–H and O–H groups in total. The largest absolute Gasteiger partial charge is 0.444 e. The van der Waals surface area contributed by atoms with E-state index >= 15 is 0 Å². The van der Waals surface area contributed by atoms with Gasteiger partial charge in [0.2, 0.25) is 17.7 Å². The zero-order chi connectivity index (χ0) is 19.1. The molecule has 136 valence electrons. The van der Waals surface area contributed by atoms with Crippen molar-refractivity contribution in [2.24, 2.45) is 11.7 Å². The van der Waals surface area contributed by atoms with E-state index in [9.17, 15) is 19.2 Å². The van der Waals surface area contributed by atoms with Gasteiger partial charge in [-0.05, 0) is 34.6 Å². The third kappa shape index (κ3) is 3.57. The SMILES string of the molecule is CC(=O)c1c(C)oc(NC(=O)C2CC(=O)N(C(C)(C)C)C2)c1C(N)=O. The average Bonchev–Trinajstić information content (AvgIpc) is 2.98. The fourth-order valence-corrected chi connectivity index (χ4v) is 3.04. The number of rotatable bonds is 4. The molecule has 2 rings (SSSR count). The monoisotopic (exact) mass is 349 g/mol. The van der Waals surface area contributed by atoms with E-state index in [1.54, 1.807) is 4.90 Å². The van der Waals surface area contributed by atoms with E-state index in [1.807, 2.05) is 20.8 Å². The maximum Gasteiger partial charge on any atom is 0.255 e. The number of carbonyl (C=O) groups excluding carboxylic acids is 4. The number of Topliss-reactive ketones (excluding diaryl/α,β-unsaturated/α-hetero) is 1. The first-order valence-electron chi connectivity index (χ1n) is 7.99. The Balaban J connectivity index is 2.25. The summed E-state index contributed by atoms with van der Waals surface area (Å²) in [5.41, 5.74) is 4.86. The summed E-state index contributed by atoms with van der Waals surface area (Å²) < 4.78 is 5.37. The van der Waals surface area contributed by atoms with Crippen molar-refractivity contribution < 1.29 is 23.6 Å². The predicted molar refractivity (Wildman–Crippen MR) is 90.2 cm³/mol. The molecule has 0 bridgehead atoms. The second-order valence-electron chi connectivity index (χ2n) is 7.22. The molecule has 1 atom stereocenters. The second-order valence-corrected chi connectivity index (χ2v) is 7.22. The molecular formula is C17H23N3O5. The first kappa shape index (κ1) is 18.7. The van der Waals surface area contributed by atoms with Gasteiger partial charge < -0.3 is 15.1 Å². The van der Waals surface area contributed by atoms with Crippen LogP contribution in [-0.4, -0.2) is 40.5 Å². The third-order valence-electron chi connectivity index (χ3n) is 4.23. The number of furan rings is 1. The topological polar surface area (TPSA) is 123 Å². The molecule has 2 heterocycles. The minimum absolute atomic E-state index is 0.0571. The van der Waals surface area contributed by atoms with Crippen LogP contribution in [0.25, 0.3) is 0 Å². The first-order valence-corrected chi connectivity index (χ1v) is 7.99. The van der Waals surface area contributed by atoms with E-state index in [0.717, 1.165) is 0 Å². The number of nitrogens with one attached hydrogen (secondary N) is 1. The van der Waals surface area contributed by atoms with Crippen LogP contribution in [0.15, 0.2) is 4.42 Å². The Morgan fingerprint density at radius 1 is 1.24 bits per heavy atom. The van der Waals surface area contributed by atoms with Gasteiger partial charge in [-0.3, -0.25) is 24.5 Å². The fraction of sp³-hybridized carbons (Fsp3) is 0.529. The molecule has 0 aliphatic carbocycles. The lowest BCUT2D eigenvalue weighted by molar-refractivity contribution is -0.131. The van der Waals surface area contributed by atoms with Crippen LogP contribution in [0, 0.1) is 12.8 Å². The van der Waals surface area contributed by atoms with Crippen molar-refractivity contribution in [2.75, 3.05) is 11.9 Å². The predicted octanol–water partition coefficient (Wildman–Crippen LogP) is 1.48. The molecule has 1 aliphatic heterocycles. The van der Waals surface area contributed by atoms with Crippen LogP contribution in [0.3, 0.4) is 0 Å². The maximum atomic E-state index is 12.5. The van der Waals surface area contributed by atoms with Crippen LogP contribution >= 0.6 is 0 Å². The summed E-state index contributed by atoms with van der Waals surface area (Å²) in [6, 6.07) is 0. The number of ketones is 1. The van der Waals surface area contributed by atoms with Crippen LogP contribution in [0.1, 0.15) is 60.6 Å². The highest BCUT2D eigenvalue weighted by Gasteiger charge is 2.40. The lowest BCUT2D eigenvalue weighted by Crippen LogP contribution is -2.42. The smallest absolute Gasteiger partial charge is 0.255 e. The van der Waals surface area contributed by atoms with Gasteiger partial charge >= 0.3 is 0 Å². The van der Waals surface area contributed by atoms with Crippen molar-refractivity contribution in [3.63, 3.8) is 0 Å². The van der Waals surface area contributed by atoms with Crippen LogP contribution in [0.2, 0.25) is 0 Å². The second kappa shape index (κ2) is 6.34. The molecule has 0 spiro atoms. The molecule has 25 heavy (non-hydrogen) atoms. The third-order valence-corrected chi connectivity index (χ3v) is 4.23. The Morgan fingerprint density at radius 3 is 2.28 bits per heavy atom. The zero-order valence-corrected chi connectivity index (χ0v) is 15.1. The number of nitrogens with two attached hydrogens (primary N) is 1. The van der Waals surface area contributed by atoms with Gasteiger partial charge in [0.15, 0.2) is 5.78 Å². The average molecular weight is 349 g/mol. The molecular weight excluding hydrogens is 326 g/mol. The first-order chi connectivity index (χ1) is 11.4. The van der Waals surface area contributed by atoms with Crippen LogP contribution in [-0.2, 0) is 9.59 Å². The zero-order valence-electron chi connectivity index (χ0n) is 15.1. The van der Waals surface area contributed by atoms with Gasteiger partial charge in [0.05, 0.1) is 11.5 Å². The summed E-state index contributed by atoms with van der Waals surface area (Å²) in [6.07, 6.45) is 0.0776. The minimum Gasteiger partial charge on any atom is -0.444 e. The molecule has 8 nitrogen and oxygen atoms in total. The highest BCUT2D eigenvalue weighted by molar-refractivity contribution is 6.12. The summed E-state index contributed by atoms with van der Waals surface area (Å²) in [5, 5.41) is 2.50. The Morgan fingerprint density at radius 2 is 1.84 bits per heavy atom. The number of amides is 3. The number of anilines is 1. The quantitative estimate of drug-likeness (QED) is 0.797. The fourth-order valence-electron chi connectivity index (χ4n) is 3.04. The highest BCUT2D eigenvalue weighted by atomic mass is 16.4. The molecule has 1 saturated heterocycles. The van der Waals surface area contributed by atoms with E-state index in [0.29, 0.717) is 0 Å². The van der Waals surface area contributed by atoms with Crippen LogP contribution in [0.4, 0.5) is 5.88 Å². The summed E-state index contributed by atoms with van der Waals surface area (Å²) in [7, 11) is 0. The van der Waals surface area contributed by atoms with Gasteiger partial charge in [-0.2, -0.15) is 0 Å². The van der Waals surface area contributed by atoms with Crippen LogP contribution in [0.5, 0.6) is 0 Å². The molecule has 1 aromatic rings. The van der Waals surface area contributed by atoms with Gasteiger partial charge in [-0.15, -0.1) is 0 Å². The lowest BCUT2D eigenvalue weighted by Gasteiger charge is -2.31. The molecule has 1 aromatic heterocycles. The van der Waals surface area contributed by atoms with E-state index in [1.165, 1.54) is 13.8 Å². The number of hydrogen-bond donors (Lipinski definition) is 2. The summed E-state index contributed by atoms with van der Waals surface area (Å²) in [6.45, 7) is 8.76. The highest BCUT2D eigenvalue weighted by Crippen LogP contribution is 2.30. The van der Waals surface area contributed by atoms with E-state index in [4.69, 9.17) is 10.2 Å². The van der Waals surface area contributed by atoms with E-state index in [-0.39, 0.29) is 53.0 Å². The van der Waals surface area contributed by atoms with E-state index in [2.05, 4.69) is 5.32 Å². The maximum absolute atomic E-state index is 12.5. The van der Waals surface area contributed by atoms with Gasteiger partial charge in [-0.25, -0.2) is 0 Å². The number of likely N-dealkylation sites (tertiary alicyclic amines) is 1. The Labute approximate surface area is 145 Å². The minimum atomic E-state index is -0.865. The summed E-state index contributed by atoms with van der Waals surface area (Å²) >= 11 is 0. The Kier molecular flexibility index (Phi) is 4.74. The summed E-state index contributed by atoms with van der Waals surface area (Å²) in [5.74, 6) is -2.33. The molecule has 1 aliphatic rings. The van der Waals surface area contributed by atoms with E-state index < -0.39 is 17.7 Å². The molecule has 3 amide bonds. The van der Waals surface area contributed by atoms with Gasteiger partial charge in [0.1, 0.15) is 11.3 Å². The van der Waals surface area contributed by atoms with Crippen molar-refractivity contribution in [2.45, 2.75) is 46.6 Å². The molecule has 1 fully saturated rings. The number of carbonyl (C=O) groups is 4. The molecule has 0 saturated carbocycles. The van der Waals surface area contributed by atoms with Crippen molar-refractivity contribution in [1.29, 1.82) is 0 Å². The van der Waals surface area contributed by atoms with Crippen LogP contribution < -0.4 is 11.1 Å². The molecule has 0 aromatic carbocycles. The van der Waals surface area contributed by atoms with Crippen molar-refractivity contribution in [1.82, 2.24) is 4.90 Å². The summed E-state index contributed by atoms with van der Waals surface area (Å²) in [4.78, 5) is 49.7. The van der Waals surface area contributed by atoms with Gasteiger partial charge in [0.25, 0.3) is 5.91 Å². The molecule has 1 unspecified atom stereocenters. The van der Waals surface area contributed by atoms with Crippen molar-refractivity contribution >= 4 is 29.4 Å². The lowest BCUT2D eigenvalue weighted by atomic mass is 10.1. The standard InChI is InChI=1S/C17H23N3O5/c1-8(21)12-9(2)25-16(13(12)14(18)23)19-15(24)10-6-11(22)20(7-10)17(3,4)5/h10H,6-7H2,1-5H3,(H2,18,23)(H,19,24). The Hall–Kier alpha value is -2.64. The number of primary amides is 1. The van der Waals surface area contributed by atoms with Gasteiger partial charge in [0, 0.05) is 18.5 Å². The molecule has 0 radical (unpaired) electrons. The number of nitrogens with zero attached hydrogens (tertiary/aromatic N) is 1. The number of aryl methyl sites for hydroxylation is 1. The number of hydrogen-bond acceptors (Lipinski definition) is 5. The molecule has 8 heteroatoms. The van der Waals surface area contributed by atoms with Crippen molar-refractivity contribution in [3.8, 4) is 0 Å².